The Morgan fingerprint density at radius 2 is 1.81 bits per heavy atom. The van der Waals surface area contributed by atoms with E-state index in [1.165, 1.54) is 31.2 Å². The van der Waals surface area contributed by atoms with Gasteiger partial charge in [-0.15, -0.1) is 0 Å². The highest BCUT2D eigenvalue weighted by molar-refractivity contribution is 5.41. The fourth-order valence-electron chi connectivity index (χ4n) is 1.28. The number of benzene rings is 1. The van der Waals surface area contributed by atoms with Gasteiger partial charge >= 0.3 is 0 Å². The molecule has 1 aromatic carbocycles. The molecule has 2 atom stereocenters. The van der Waals surface area contributed by atoms with Crippen LogP contribution in [-0.4, -0.2) is 21.0 Å². The van der Waals surface area contributed by atoms with Gasteiger partial charge in [-0.2, -0.15) is 0 Å². The third kappa shape index (κ3) is 2.31. The second-order valence-corrected chi connectivity index (χ2v) is 3.29. The van der Waals surface area contributed by atoms with Crippen molar-refractivity contribution in [3.05, 3.63) is 50.1 Å². The Morgan fingerprint density at radius 3 is 2.31 bits per heavy atom. The highest BCUT2D eigenvalue weighted by Crippen LogP contribution is 2.27. The van der Waals surface area contributed by atoms with Crippen molar-refractivity contribution in [1.82, 2.24) is 0 Å². The number of aliphatic hydroxyl groups is 1. The smallest absolute Gasteiger partial charge is 0.275 e. The number of para-hydroxylation sites is 1. The summed E-state index contributed by atoms with van der Waals surface area (Å²) >= 11 is 0. The van der Waals surface area contributed by atoms with Crippen LogP contribution < -0.4 is 0 Å². The largest absolute Gasteiger partial charge is 0.381 e. The van der Waals surface area contributed by atoms with E-state index in [1.54, 1.807) is 0 Å². The van der Waals surface area contributed by atoms with Crippen LogP contribution in [0.25, 0.3) is 0 Å². The quantitative estimate of drug-likeness (QED) is 0.614. The van der Waals surface area contributed by atoms with Crippen molar-refractivity contribution in [2.45, 2.75) is 19.1 Å². The molecule has 0 radical (unpaired) electrons. The highest BCUT2D eigenvalue weighted by atomic mass is 16.6. The monoisotopic (exact) mass is 226 g/mol. The van der Waals surface area contributed by atoms with Gasteiger partial charge < -0.3 is 5.11 Å². The van der Waals surface area contributed by atoms with E-state index in [4.69, 9.17) is 0 Å². The highest BCUT2D eigenvalue weighted by Gasteiger charge is 2.30. The molecule has 0 aliphatic rings. The summed E-state index contributed by atoms with van der Waals surface area (Å²) in [5, 5.41) is 30.8. The van der Waals surface area contributed by atoms with Crippen molar-refractivity contribution in [1.29, 1.82) is 0 Å². The van der Waals surface area contributed by atoms with Crippen molar-refractivity contribution in [3.63, 3.8) is 0 Å². The Hall–Kier alpha value is -2.02. The van der Waals surface area contributed by atoms with Gasteiger partial charge in [-0.25, -0.2) is 0 Å². The average Bonchev–Trinajstić information content (AvgIpc) is 2.26. The second-order valence-electron chi connectivity index (χ2n) is 3.29. The van der Waals surface area contributed by atoms with Gasteiger partial charge in [-0.3, -0.25) is 20.2 Å². The van der Waals surface area contributed by atoms with Crippen LogP contribution in [-0.2, 0) is 0 Å². The Bertz CT molecular complexity index is 420. The fraction of sp³-hybridized carbons (Fsp3) is 0.333. The molecule has 16 heavy (non-hydrogen) atoms. The minimum atomic E-state index is -1.49. The van der Waals surface area contributed by atoms with E-state index in [0.29, 0.717) is 0 Å². The summed E-state index contributed by atoms with van der Waals surface area (Å²) < 4.78 is 0. The van der Waals surface area contributed by atoms with Crippen LogP contribution in [0.3, 0.4) is 0 Å². The van der Waals surface area contributed by atoms with Crippen LogP contribution in [0.5, 0.6) is 0 Å². The van der Waals surface area contributed by atoms with Crippen molar-refractivity contribution in [2.75, 3.05) is 0 Å². The van der Waals surface area contributed by atoms with Gasteiger partial charge in [-0.1, -0.05) is 12.1 Å². The predicted molar refractivity (Wildman–Crippen MR) is 54.5 cm³/mol. The van der Waals surface area contributed by atoms with Crippen LogP contribution in [0.15, 0.2) is 24.3 Å². The fourth-order valence-corrected chi connectivity index (χ4v) is 1.28. The molecule has 0 aliphatic carbocycles. The molecule has 0 aliphatic heterocycles. The lowest BCUT2D eigenvalue weighted by Crippen LogP contribution is -2.24. The maximum Gasteiger partial charge on any atom is 0.275 e. The van der Waals surface area contributed by atoms with Crippen molar-refractivity contribution in [2.24, 2.45) is 0 Å². The molecule has 0 heterocycles. The number of nitro benzene ring substituents is 1. The lowest BCUT2D eigenvalue weighted by Gasteiger charge is -2.12. The number of hydrogen-bond acceptors (Lipinski definition) is 5. The minimum absolute atomic E-state index is 0.0447. The van der Waals surface area contributed by atoms with Crippen LogP contribution in [0.4, 0.5) is 5.69 Å². The second kappa shape index (κ2) is 4.67. The first-order valence-electron chi connectivity index (χ1n) is 4.50. The maximum atomic E-state index is 10.6. The molecule has 0 aromatic heterocycles. The van der Waals surface area contributed by atoms with E-state index in [-0.39, 0.29) is 11.3 Å². The first kappa shape index (κ1) is 12.1. The lowest BCUT2D eigenvalue weighted by atomic mass is 10.0. The van der Waals surface area contributed by atoms with Gasteiger partial charge in [0.1, 0.15) is 0 Å². The first-order chi connectivity index (χ1) is 7.45. The third-order valence-electron chi connectivity index (χ3n) is 2.24. The van der Waals surface area contributed by atoms with Crippen LogP contribution >= 0.6 is 0 Å². The van der Waals surface area contributed by atoms with Gasteiger partial charge in [0.25, 0.3) is 5.69 Å². The molecule has 86 valence electrons. The lowest BCUT2D eigenvalue weighted by molar-refractivity contribution is -0.531. The maximum absolute atomic E-state index is 10.6. The zero-order valence-corrected chi connectivity index (χ0v) is 8.44. The zero-order chi connectivity index (χ0) is 12.3. The molecule has 2 unspecified atom stereocenters. The molecule has 1 aromatic rings. The number of rotatable bonds is 4. The van der Waals surface area contributed by atoms with E-state index in [9.17, 15) is 25.3 Å². The summed E-state index contributed by atoms with van der Waals surface area (Å²) in [6.07, 6.45) is -1.49. The molecular weight excluding hydrogens is 216 g/mol. The molecule has 0 saturated heterocycles. The molecular formula is C9H10N2O5. The Kier molecular flexibility index (Phi) is 3.51. The van der Waals surface area contributed by atoms with Gasteiger partial charge in [0.05, 0.1) is 10.5 Å². The summed E-state index contributed by atoms with van der Waals surface area (Å²) in [4.78, 5) is 19.8. The third-order valence-corrected chi connectivity index (χ3v) is 2.24. The van der Waals surface area contributed by atoms with E-state index >= 15 is 0 Å². The zero-order valence-electron chi connectivity index (χ0n) is 8.44. The van der Waals surface area contributed by atoms with E-state index in [1.807, 2.05) is 0 Å². The van der Waals surface area contributed by atoms with Crippen LogP contribution in [0.2, 0.25) is 0 Å². The summed E-state index contributed by atoms with van der Waals surface area (Å²) in [6, 6.07) is 4.14. The van der Waals surface area contributed by atoms with Crippen LogP contribution in [0.1, 0.15) is 18.6 Å². The SMILES string of the molecule is CC(C(O)c1ccccc1[N+](=O)[O-])[N+](=O)[O-]. The summed E-state index contributed by atoms with van der Waals surface area (Å²) in [6.45, 7) is 1.20. The number of nitro groups is 2. The molecule has 7 heteroatoms. The van der Waals surface area contributed by atoms with Gasteiger partial charge in [0.15, 0.2) is 6.10 Å². The normalized spacial score (nSPS) is 14.1. The standard InChI is InChI=1S/C9H10N2O5/c1-6(10(13)14)9(12)7-4-2-3-5-8(7)11(15)16/h2-6,9,12H,1H3. The molecule has 0 fully saturated rings. The van der Waals surface area contributed by atoms with Gasteiger partial charge in [-0.05, 0) is 6.07 Å². The van der Waals surface area contributed by atoms with E-state index < -0.39 is 22.0 Å². The Morgan fingerprint density at radius 1 is 1.25 bits per heavy atom. The molecule has 1 rings (SSSR count). The number of hydrogen-bond donors (Lipinski definition) is 1. The van der Waals surface area contributed by atoms with E-state index in [0.717, 1.165) is 0 Å². The topological polar surface area (TPSA) is 107 Å². The predicted octanol–water partition coefficient (Wildman–Crippen LogP) is 1.29. The van der Waals surface area contributed by atoms with Crippen molar-refractivity contribution < 1.29 is 15.0 Å². The molecule has 0 amide bonds. The number of aliphatic hydroxyl groups excluding tert-OH is 1. The summed E-state index contributed by atoms with van der Waals surface area (Å²) in [5.74, 6) is 0. The first-order valence-corrected chi connectivity index (χ1v) is 4.50. The van der Waals surface area contributed by atoms with Gasteiger partial charge in [0.2, 0.25) is 6.04 Å². The van der Waals surface area contributed by atoms with Gasteiger partial charge in [0, 0.05) is 17.9 Å². The minimum Gasteiger partial charge on any atom is -0.381 e. The molecule has 7 nitrogen and oxygen atoms in total. The molecule has 0 saturated carbocycles. The summed E-state index contributed by atoms with van der Waals surface area (Å²) in [7, 11) is 0. The summed E-state index contributed by atoms with van der Waals surface area (Å²) in [5.41, 5.74) is -0.361. The molecule has 1 N–H and O–H groups in total. The Labute approximate surface area is 90.6 Å². The average molecular weight is 226 g/mol. The number of nitrogens with zero attached hydrogens (tertiary/aromatic N) is 2. The van der Waals surface area contributed by atoms with Crippen LogP contribution in [0, 0.1) is 20.2 Å². The van der Waals surface area contributed by atoms with Crippen molar-refractivity contribution >= 4 is 5.69 Å². The molecule has 0 spiro atoms. The van der Waals surface area contributed by atoms with Crippen molar-refractivity contribution in [3.8, 4) is 0 Å². The van der Waals surface area contributed by atoms with E-state index in [2.05, 4.69) is 0 Å². The Balaban J connectivity index is 3.12. The molecule has 0 bridgehead atoms.